The molecule has 0 saturated carbocycles. The van der Waals surface area contributed by atoms with E-state index in [2.05, 4.69) is 74.0 Å². The number of hydrogen-bond donors (Lipinski definition) is 2. The highest BCUT2D eigenvalue weighted by Crippen LogP contribution is 2.28. The molecule has 2 aromatic carbocycles. The minimum absolute atomic E-state index is 0.746. The van der Waals surface area contributed by atoms with Gasteiger partial charge in [-0.2, -0.15) is 0 Å². The van der Waals surface area contributed by atoms with Gasteiger partial charge in [0.1, 0.15) is 0 Å². The van der Waals surface area contributed by atoms with Crippen LogP contribution < -0.4 is 15.5 Å². The van der Waals surface area contributed by atoms with Crippen molar-refractivity contribution < 1.29 is 0 Å². The minimum Gasteiger partial charge on any atom is -0.367 e. The summed E-state index contributed by atoms with van der Waals surface area (Å²) in [6, 6.07) is 23.6. The molecule has 5 nitrogen and oxygen atoms in total. The van der Waals surface area contributed by atoms with Gasteiger partial charge in [0.05, 0.1) is 0 Å². The molecule has 1 aliphatic rings. The molecule has 154 valence electrons. The maximum absolute atomic E-state index is 4.35. The first-order valence-electron chi connectivity index (χ1n) is 10.6. The van der Waals surface area contributed by atoms with E-state index in [1.165, 1.54) is 22.4 Å². The van der Waals surface area contributed by atoms with Crippen molar-refractivity contribution in [1.82, 2.24) is 15.6 Å². The van der Waals surface area contributed by atoms with Gasteiger partial charge in [0.2, 0.25) is 0 Å². The van der Waals surface area contributed by atoms with Crippen LogP contribution in [0.2, 0.25) is 0 Å². The minimum atomic E-state index is 0.746. The summed E-state index contributed by atoms with van der Waals surface area (Å²) in [5, 5.41) is 6.74. The van der Waals surface area contributed by atoms with Crippen LogP contribution in [0.5, 0.6) is 0 Å². The Kier molecular flexibility index (Phi) is 6.60. The lowest BCUT2D eigenvalue weighted by molar-refractivity contribution is 0.783. The molecular formula is C25H29N5. The molecule has 0 fully saturated rings. The molecule has 0 bridgehead atoms. The number of pyridine rings is 1. The van der Waals surface area contributed by atoms with Gasteiger partial charge < -0.3 is 15.5 Å². The molecular weight excluding hydrogens is 370 g/mol. The van der Waals surface area contributed by atoms with Gasteiger partial charge in [0, 0.05) is 57.2 Å². The highest BCUT2D eigenvalue weighted by atomic mass is 15.2. The van der Waals surface area contributed by atoms with Crippen LogP contribution in [-0.2, 0) is 25.9 Å². The van der Waals surface area contributed by atoms with E-state index in [-0.39, 0.29) is 0 Å². The fourth-order valence-corrected chi connectivity index (χ4v) is 3.82. The van der Waals surface area contributed by atoms with Gasteiger partial charge in [-0.3, -0.25) is 9.98 Å². The van der Waals surface area contributed by atoms with Crippen LogP contribution in [0.3, 0.4) is 0 Å². The predicted octanol–water partition coefficient (Wildman–Crippen LogP) is 3.55. The Morgan fingerprint density at radius 1 is 0.967 bits per heavy atom. The van der Waals surface area contributed by atoms with Gasteiger partial charge in [-0.1, -0.05) is 48.5 Å². The van der Waals surface area contributed by atoms with Gasteiger partial charge in [0.15, 0.2) is 5.96 Å². The maximum atomic E-state index is 4.35. The van der Waals surface area contributed by atoms with E-state index in [0.717, 1.165) is 50.7 Å². The van der Waals surface area contributed by atoms with Crippen LogP contribution in [0.1, 0.15) is 22.4 Å². The lowest BCUT2D eigenvalue weighted by Crippen LogP contribution is -2.37. The van der Waals surface area contributed by atoms with E-state index in [1.807, 2.05) is 24.4 Å². The van der Waals surface area contributed by atoms with Crippen LogP contribution in [0, 0.1) is 0 Å². The Morgan fingerprint density at radius 2 is 1.77 bits per heavy atom. The van der Waals surface area contributed by atoms with Gasteiger partial charge in [-0.15, -0.1) is 0 Å². The average Bonchev–Trinajstić information content (AvgIpc) is 3.20. The molecule has 0 atom stereocenters. The summed E-state index contributed by atoms with van der Waals surface area (Å²) in [5.41, 5.74) is 6.50. The third kappa shape index (κ3) is 5.17. The van der Waals surface area contributed by atoms with Crippen molar-refractivity contribution in [2.45, 2.75) is 25.9 Å². The lowest BCUT2D eigenvalue weighted by Gasteiger charge is -2.19. The van der Waals surface area contributed by atoms with Gasteiger partial charge in [0.25, 0.3) is 0 Å². The Labute approximate surface area is 178 Å². The van der Waals surface area contributed by atoms with Crippen LogP contribution in [0.15, 0.2) is 77.9 Å². The number of benzene rings is 2. The molecule has 0 saturated heterocycles. The van der Waals surface area contributed by atoms with Crippen molar-refractivity contribution in [3.05, 3.63) is 95.3 Å². The molecule has 1 aromatic heterocycles. The standard InChI is InChI=1S/C25H29N5/c1-26-25(28-16-13-23-7-4-5-15-27-23)29-18-20-9-11-21(12-10-20)19-30-17-14-22-6-2-3-8-24(22)30/h2-12,15H,13-14,16-19H2,1H3,(H2,26,28,29). The summed E-state index contributed by atoms with van der Waals surface area (Å²) in [4.78, 5) is 11.1. The second-order valence-electron chi connectivity index (χ2n) is 7.54. The molecule has 0 radical (unpaired) electrons. The highest BCUT2D eigenvalue weighted by molar-refractivity contribution is 5.79. The van der Waals surface area contributed by atoms with E-state index in [9.17, 15) is 0 Å². The van der Waals surface area contributed by atoms with Gasteiger partial charge in [-0.25, -0.2) is 0 Å². The molecule has 4 rings (SSSR count). The first kappa shape index (κ1) is 20.0. The van der Waals surface area contributed by atoms with E-state index in [4.69, 9.17) is 0 Å². The number of nitrogens with zero attached hydrogens (tertiary/aromatic N) is 3. The predicted molar refractivity (Wildman–Crippen MR) is 124 cm³/mol. The van der Waals surface area contributed by atoms with E-state index < -0.39 is 0 Å². The van der Waals surface area contributed by atoms with Crippen LogP contribution >= 0.6 is 0 Å². The fourth-order valence-electron chi connectivity index (χ4n) is 3.82. The first-order valence-corrected chi connectivity index (χ1v) is 10.6. The van der Waals surface area contributed by atoms with Crippen LogP contribution in [0.25, 0.3) is 0 Å². The number of aromatic nitrogens is 1. The maximum Gasteiger partial charge on any atom is 0.191 e. The molecule has 1 aliphatic heterocycles. The zero-order valence-corrected chi connectivity index (χ0v) is 17.5. The van der Waals surface area contributed by atoms with Crippen LogP contribution in [0.4, 0.5) is 5.69 Å². The van der Waals surface area contributed by atoms with Crippen LogP contribution in [-0.4, -0.2) is 31.1 Å². The lowest BCUT2D eigenvalue weighted by atomic mass is 10.1. The Balaban J connectivity index is 1.24. The van der Waals surface area contributed by atoms with E-state index in [0.29, 0.717) is 0 Å². The second kappa shape index (κ2) is 9.92. The number of nitrogens with one attached hydrogen (secondary N) is 2. The molecule has 0 unspecified atom stereocenters. The van der Waals surface area contributed by atoms with Crippen molar-refractivity contribution >= 4 is 11.6 Å². The van der Waals surface area contributed by atoms with Crippen molar-refractivity contribution in [2.24, 2.45) is 4.99 Å². The molecule has 0 spiro atoms. The zero-order chi connectivity index (χ0) is 20.6. The molecule has 30 heavy (non-hydrogen) atoms. The largest absolute Gasteiger partial charge is 0.367 e. The third-order valence-corrected chi connectivity index (χ3v) is 5.46. The number of para-hydroxylation sites is 1. The fraction of sp³-hybridized carbons (Fsp3) is 0.280. The Hall–Kier alpha value is -3.34. The molecule has 3 aromatic rings. The number of guanidine groups is 1. The molecule has 2 heterocycles. The summed E-state index contributed by atoms with van der Waals surface area (Å²) in [7, 11) is 1.80. The Morgan fingerprint density at radius 3 is 2.57 bits per heavy atom. The molecule has 0 aliphatic carbocycles. The number of rotatable bonds is 7. The Bertz CT molecular complexity index is 966. The monoisotopic (exact) mass is 399 g/mol. The van der Waals surface area contributed by atoms with E-state index in [1.54, 1.807) is 7.05 Å². The van der Waals surface area contributed by atoms with Crippen molar-refractivity contribution in [2.75, 3.05) is 25.0 Å². The first-order chi connectivity index (χ1) is 14.8. The van der Waals surface area contributed by atoms with Gasteiger partial charge in [-0.05, 0) is 41.3 Å². The number of hydrogen-bond acceptors (Lipinski definition) is 3. The van der Waals surface area contributed by atoms with Crippen molar-refractivity contribution in [3.8, 4) is 0 Å². The quantitative estimate of drug-likeness (QED) is 0.471. The SMILES string of the molecule is CN=C(NCCc1ccccn1)NCc1ccc(CN2CCc3ccccc32)cc1. The number of anilines is 1. The van der Waals surface area contributed by atoms with E-state index >= 15 is 0 Å². The molecule has 2 N–H and O–H groups in total. The summed E-state index contributed by atoms with van der Waals surface area (Å²) < 4.78 is 0. The second-order valence-corrected chi connectivity index (χ2v) is 7.54. The zero-order valence-electron chi connectivity index (χ0n) is 17.5. The average molecular weight is 400 g/mol. The summed E-state index contributed by atoms with van der Waals surface area (Å²) >= 11 is 0. The molecule has 0 amide bonds. The van der Waals surface area contributed by atoms with Crippen molar-refractivity contribution in [3.63, 3.8) is 0 Å². The smallest absolute Gasteiger partial charge is 0.191 e. The summed E-state index contributed by atoms with van der Waals surface area (Å²) in [6.07, 6.45) is 3.84. The normalized spacial score (nSPS) is 13.2. The topological polar surface area (TPSA) is 52.6 Å². The number of fused-ring (bicyclic) bond motifs is 1. The molecule has 5 heteroatoms. The summed E-state index contributed by atoms with van der Waals surface area (Å²) in [6.45, 7) is 3.60. The third-order valence-electron chi connectivity index (χ3n) is 5.46. The van der Waals surface area contributed by atoms with Crippen molar-refractivity contribution in [1.29, 1.82) is 0 Å². The summed E-state index contributed by atoms with van der Waals surface area (Å²) in [5.74, 6) is 0.809. The highest BCUT2D eigenvalue weighted by Gasteiger charge is 2.18. The number of aliphatic imine (C=N–C) groups is 1. The van der Waals surface area contributed by atoms with Gasteiger partial charge >= 0.3 is 0 Å².